The molecule has 1 fully saturated rings. The van der Waals surface area contributed by atoms with Gasteiger partial charge in [-0.2, -0.15) is 0 Å². The van der Waals surface area contributed by atoms with Crippen LogP contribution in [0.4, 0.5) is 0 Å². The number of hydrogen-bond acceptors (Lipinski definition) is 10. The number of aliphatic hydroxyl groups excluding tert-OH is 7. The van der Waals surface area contributed by atoms with Gasteiger partial charge in [0.25, 0.3) is 0 Å². The summed E-state index contributed by atoms with van der Waals surface area (Å²) in [6.45, 7) is 3.54. The smallest absolute Gasteiger partial charge is 0.249 e. The zero-order valence-electron chi connectivity index (χ0n) is 58.3. The van der Waals surface area contributed by atoms with E-state index in [1.54, 1.807) is 0 Å². The fourth-order valence-corrected chi connectivity index (χ4v) is 13.1. The number of allylic oxidation sites excluding steroid dienone is 2. The lowest BCUT2D eigenvalue weighted by Gasteiger charge is -2.40. The van der Waals surface area contributed by atoms with Crippen LogP contribution in [0.1, 0.15) is 406 Å². The molecular formula is C77H151NO10. The third kappa shape index (κ3) is 52.3. The fraction of sp³-hybridized carbons (Fsp3) is 0.961. The molecule has 88 heavy (non-hydrogen) atoms. The summed E-state index contributed by atoms with van der Waals surface area (Å²) in [5.41, 5.74) is 0. The van der Waals surface area contributed by atoms with Crippen molar-refractivity contribution < 1.29 is 50.0 Å². The first-order valence-corrected chi connectivity index (χ1v) is 39.1. The molecule has 9 atom stereocenters. The summed E-state index contributed by atoms with van der Waals surface area (Å²) < 4.78 is 11.2. The molecule has 1 amide bonds. The first-order valence-electron chi connectivity index (χ1n) is 39.1. The molecule has 0 spiro atoms. The Labute approximate surface area is 544 Å². The Kier molecular flexibility index (Phi) is 63.5. The van der Waals surface area contributed by atoms with Gasteiger partial charge in [-0.3, -0.25) is 4.79 Å². The Morgan fingerprint density at radius 2 is 0.659 bits per heavy atom. The summed E-state index contributed by atoms with van der Waals surface area (Å²) in [7, 11) is 0. The average molecular weight is 1250 g/mol. The molecule has 1 rings (SSSR count). The number of carbonyl (C=O) groups excluding carboxylic acids is 1. The van der Waals surface area contributed by atoms with Crippen molar-refractivity contribution in [1.82, 2.24) is 5.32 Å². The van der Waals surface area contributed by atoms with E-state index in [0.29, 0.717) is 19.3 Å². The highest BCUT2D eigenvalue weighted by Gasteiger charge is 2.44. The van der Waals surface area contributed by atoms with E-state index >= 15 is 0 Å². The summed E-state index contributed by atoms with van der Waals surface area (Å²) in [5, 5.41) is 76.7. The van der Waals surface area contributed by atoms with Gasteiger partial charge >= 0.3 is 0 Å². The van der Waals surface area contributed by atoms with Crippen molar-refractivity contribution in [3.8, 4) is 0 Å². The van der Waals surface area contributed by atoms with Gasteiger partial charge in [0.1, 0.15) is 36.6 Å². The van der Waals surface area contributed by atoms with Crippen LogP contribution in [0.2, 0.25) is 0 Å². The van der Waals surface area contributed by atoms with E-state index in [2.05, 4.69) is 31.3 Å². The van der Waals surface area contributed by atoms with Crippen molar-refractivity contribution in [2.45, 2.75) is 461 Å². The van der Waals surface area contributed by atoms with Gasteiger partial charge in [0.05, 0.1) is 25.4 Å². The van der Waals surface area contributed by atoms with Crippen molar-refractivity contribution in [1.29, 1.82) is 0 Å². The molecule has 8 N–H and O–H groups in total. The molecule has 0 bridgehead atoms. The maximum absolute atomic E-state index is 13.3. The van der Waals surface area contributed by atoms with Crippen LogP contribution < -0.4 is 5.32 Å². The van der Waals surface area contributed by atoms with E-state index in [1.165, 1.54) is 327 Å². The molecule has 9 unspecified atom stereocenters. The minimum Gasteiger partial charge on any atom is -0.394 e. The van der Waals surface area contributed by atoms with Crippen molar-refractivity contribution in [2.24, 2.45) is 0 Å². The zero-order valence-corrected chi connectivity index (χ0v) is 58.3. The summed E-state index contributed by atoms with van der Waals surface area (Å²) >= 11 is 0. The quantitative estimate of drug-likeness (QED) is 0.0215. The van der Waals surface area contributed by atoms with E-state index in [-0.39, 0.29) is 6.42 Å². The molecule has 1 aliphatic heterocycles. The molecule has 0 aliphatic carbocycles. The van der Waals surface area contributed by atoms with Gasteiger partial charge in [-0.05, 0) is 38.5 Å². The van der Waals surface area contributed by atoms with Gasteiger partial charge in [0.15, 0.2) is 6.29 Å². The highest BCUT2D eigenvalue weighted by atomic mass is 16.7. The lowest BCUT2D eigenvalue weighted by Crippen LogP contribution is -2.60. The van der Waals surface area contributed by atoms with Crippen molar-refractivity contribution in [3.63, 3.8) is 0 Å². The molecule has 0 saturated carbocycles. The first kappa shape index (κ1) is 84.9. The monoisotopic (exact) mass is 1250 g/mol. The SMILES string of the molecule is CCCCCCCCCCCCCC/C=C\CCCCCCCCCCCCCCCCCC(O)C(=O)NC(COC1OC(CO)C(O)C(O)C1O)C(O)C(O)CCCCCCCCCCCCCCCCCCCCCCCCCCCCCCCC. The van der Waals surface area contributed by atoms with E-state index in [1.807, 2.05) is 0 Å². The van der Waals surface area contributed by atoms with Gasteiger partial charge in [-0.1, -0.05) is 379 Å². The molecule has 524 valence electrons. The first-order chi connectivity index (χ1) is 43.2. The molecule has 0 radical (unpaired) electrons. The van der Waals surface area contributed by atoms with E-state index in [0.717, 1.165) is 38.5 Å². The third-order valence-corrected chi connectivity index (χ3v) is 19.3. The van der Waals surface area contributed by atoms with Crippen LogP contribution >= 0.6 is 0 Å². The maximum atomic E-state index is 13.3. The molecular weight excluding hydrogens is 1100 g/mol. The van der Waals surface area contributed by atoms with Gasteiger partial charge in [0.2, 0.25) is 5.91 Å². The van der Waals surface area contributed by atoms with Gasteiger partial charge < -0.3 is 50.5 Å². The van der Waals surface area contributed by atoms with E-state index in [9.17, 15) is 40.5 Å². The van der Waals surface area contributed by atoms with Crippen LogP contribution in [-0.2, 0) is 14.3 Å². The predicted octanol–water partition coefficient (Wildman–Crippen LogP) is 19.8. The number of hydrogen-bond donors (Lipinski definition) is 8. The summed E-state index contributed by atoms with van der Waals surface area (Å²) in [4.78, 5) is 13.3. The Morgan fingerprint density at radius 1 is 0.386 bits per heavy atom. The Morgan fingerprint density at radius 3 is 0.955 bits per heavy atom. The van der Waals surface area contributed by atoms with Crippen molar-refractivity contribution in [2.75, 3.05) is 13.2 Å². The standard InChI is InChI=1S/C77H151NO10/c1-3-5-7-9-11-13-15-17-19-21-23-25-27-29-31-33-35-37-39-41-43-45-47-49-51-53-55-57-59-61-63-65-70(81)76(86)78-68(67-87-77-75(85)74(84)73(83)71(66-79)88-77)72(82)69(80)64-62-60-58-56-54-52-50-48-46-44-42-40-38-36-34-32-30-28-26-24-22-20-18-16-14-12-10-8-6-4-2/h29,31,68-75,77,79-85H,3-28,30,32-67H2,1-2H3,(H,78,86)/b31-29-. The third-order valence-electron chi connectivity index (χ3n) is 19.3. The van der Waals surface area contributed by atoms with E-state index in [4.69, 9.17) is 9.47 Å². The van der Waals surface area contributed by atoms with Gasteiger partial charge in [0, 0.05) is 0 Å². The fourth-order valence-electron chi connectivity index (χ4n) is 13.1. The van der Waals surface area contributed by atoms with Crippen molar-refractivity contribution in [3.05, 3.63) is 12.2 Å². The minimum absolute atomic E-state index is 0.265. The highest BCUT2D eigenvalue weighted by molar-refractivity contribution is 5.80. The average Bonchev–Trinajstić information content (AvgIpc) is 3.63. The highest BCUT2D eigenvalue weighted by Crippen LogP contribution is 2.24. The lowest BCUT2D eigenvalue weighted by atomic mass is 9.98. The molecule has 0 aromatic rings. The second-order valence-electron chi connectivity index (χ2n) is 27.8. The lowest BCUT2D eigenvalue weighted by molar-refractivity contribution is -0.303. The van der Waals surface area contributed by atoms with Crippen LogP contribution in [0.3, 0.4) is 0 Å². The zero-order chi connectivity index (χ0) is 63.9. The second-order valence-corrected chi connectivity index (χ2v) is 27.8. The van der Waals surface area contributed by atoms with Crippen LogP contribution in [0.15, 0.2) is 12.2 Å². The largest absolute Gasteiger partial charge is 0.394 e. The van der Waals surface area contributed by atoms with Crippen LogP contribution in [0, 0.1) is 0 Å². The Bertz CT molecular complexity index is 1440. The Hall–Kier alpha value is -1.15. The molecule has 1 heterocycles. The molecule has 1 saturated heterocycles. The van der Waals surface area contributed by atoms with Crippen LogP contribution in [-0.4, -0.2) is 110 Å². The topological polar surface area (TPSA) is 189 Å². The van der Waals surface area contributed by atoms with Gasteiger partial charge in [-0.25, -0.2) is 0 Å². The van der Waals surface area contributed by atoms with Crippen LogP contribution in [0.25, 0.3) is 0 Å². The number of carbonyl (C=O) groups is 1. The number of aliphatic hydroxyl groups is 7. The number of amides is 1. The number of nitrogens with one attached hydrogen (secondary N) is 1. The number of unbranched alkanes of at least 4 members (excludes halogenated alkanes) is 56. The summed E-state index contributed by atoms with van der Waals surface area (Å²) in [6.07, 6.45) is 71.7. The normalized spacial score (nSPS) is 18.6. The minimum atomic E-state index is -1.66. The van der Waals surface area contributed by atoms with E-state index < -0.39 is 74.2 Å². The Balaban J connectivity index is 2.14. The van der Waals surface area contributed by atoms with Crippen molar-refractivity contribution >= 4 is 5.91 Å². The number of ether oxygens (including phenoxy) is 2. The second kappa shape index (κ2) is 65.9. The van der Waals surface area contributed by atoms with Gasteiger partial charge in [-0.15, -0.1) is 0 Å². The summed E-state index contributed by atoms with van der Waals surface area (Å²) in [5.74, 6) is -0.687. The molecule has 0 aromatic carbocycles. The maximum Gasteiger partial charge on any atom is 0.249 e. The molecule has 1 aliphatic rings. The van der Waals surface area contributed by atoms with Crippen LogP contribution in [0.5, 0.6) is 0 Å². The number of rotatable bonds is 70. The molecule has 0 aromatic heterocycles. The summed E-state index contributed by atoms with van der Waals surface area (Å²) in [6, 6.07) is -1.17. The predicted molar refractivity (Wildman–Crippen MR) is 372 cm³/mol. The molecule has 11 nitrogen and oxygen atoms in total. The molecule has 11 heteroatoms.